The highest BCUT2D eigenvalue weighted by Crippen LogP contribution is 1.94. The predicted octanol–water partition coefficient (Wildman–Crippen LogP) is 2.52. The fraction of sp³-hybridized carbons (Fsp3) is 0.931. The molecule has 0 fully saturated rings. The van der Waals surface area contributed by atoms with Crippen LogP contribution in [-0.4, -0.2) is 152 Å². The molecule has 0 heterocycles. The van der Waals surface area contributed by atoms with E-state index in [2.05, 4.69) is 13.5 Å². The van der Waals surface area contributed by atoms with Gasteiger partial charge in [0, 0.05) is 6.61 Å². The predicted molar refractivity (Wildman–Crippen MR) is 155 cm³/mol. The molecule has 0 spiro atoms. The summed E-state index contributed by atoms with van der Waals surface area (Å²) in [6.45, 7) is 18.2. The summed E-state index contributed by atoms with van der Waals surface area (Å²) in [5.41, 5.74) is 0. The Balaban J connectivity index is 3.02. The van der Waals surface area contributed by atoms with E-state index in [1.807, 2.05) is 0 Å². The Morgan fingerprint density at radius 1 is 0.317 bits per heavy atom. The van der Waals surface area contributed by atoms with E-state index < -0.39 is 0 Å². The van der Waals surface area contributed by atoms with E-state index in [1.165, 1.54) is 19.1 Å². The molecule has 0 atom stereocenters. The SMILES string of the molecule is C=COCCOCCOCCOCCOCCOCCOCCOCCOCCOCCOCCOCCCCC. The fourth-order valence-corrected chi connectivity index (χ4v) is 2.95. The van der Waals surface area contributed by atoms with Crippen molar-refractivity contribution in [2.24, 2.45) is 0 Å². The van der Waals surface area contributed by atoms with Crippen LogP contribution < -0.4 is 0 Å². The number of ether oxygens (including phenoxy) is 12. The maximum absolute atomic E-state index is 5.48. The first kappa shape index (κ1) is 40.1. The van der Waals surface area contributed by atoms with Gasteiger partial charge in [-0.2, -0.15) is 0 Å². The van der Waals surface area contributed by atoms with Crippen molar-refractivity contribution in [3.8, 4) is 0 Å². The van der Waals surface area contributed by atoms with Crippen LogP contribution in [0.2, 0.25) is 0 Å². The second-order valence-corrected chi connectivity index (χ2v) is 8.48. The minimum absolute atomic E-state index is 0.504. The third kappa shape index (κ3) is 39.1. The van der Waals surface area contributed by atoms with Gasteiger partial charge in [-0.3, -0.25) is 0 Å². The van der Waals surface area contributed by atoms with Gasteiger partial charge >= 0.3 is 0 Å². The number of unbranched alkanes of at least 4 members (excludes halogenated alkanes) is 2. The minimum Gasteiger partial charge on any atom is -0.499 e. The molecule has 0 amide bonds. The molecule has 0 N–H and O–H groups in total. The van der Waals surface area contributed by atoms with E-state index in [0.29, 0.717) is 145 Å². The molecule has 0 radical (unpaired) electrons. The van der Waals surface area contributed by atoms with E-state index >= 15 is 0 Å². The highest BCUT2D eigenvalue weighted by molar-refractivity contribution is 4.47. The Labute approximate surface area is 248 Å². The van der Waals surface area contributed by atoms with Gasteiger partial charge in [0.15, 0.2) is 0 Å². The Morgan fingerprint density at radius 2 is 0.537 bits per heavy atom. The molecule has 0 saturated carbocycles. The van der Waals surface area contributed by atoms with E-state index in [9.17, 15) is 0 Å². The van der Waals surface area contributed by atoms with Gasteiger partial charge in [-0.1, -0.05) is 26.3 Å². The molecule has 246 valence electrons. The maximum atomic E-state index is 5.48. The molecular weight excluding hydrogens is 540 g/mol. The van der Waals surface area contributed by atoms with Crippen molar-refractivity contribution in [3.63, 3.8) is 0 Å². The van der Waals surface area contributed by atoms with Crippen LogP contribution in [0.3, 0.4) is 0 Å². The van der Waals surface area contributed by atoms with Gasteiger partial charge in [0.05, 0.1) is 145 Å². The van der Waals surface area contributed by atoms with E-state index in [0.717, 1.165) is 13.0 Å². The zero-order chi connectivity index (χ0) is 29.6. The van der Waals surface area contributed by atoms with Gasteiger partial charge in [-0.15, -0.1) is 0 Å². The summed E-state index contributed by atoms with van der Waals surface area (Å²) in [6, 6.07) is 0. The summed E-state index contributed by atoms with van der Waals surface area (Å²) in [5, 5.41) is 0. The van der Waals surface area contributed by atoms with Gasteiger partial charge < -0.3 is 56.8 Å². The van der Waals surface area contributed by atoms with Crippen LogP contribution in [0.5, 0.6) is 0 Å². The summed E-state index contributed by atoms with van der Waals surface area (Å²) in [7, 11) is 0. The normalized spacial score (nSPS) is 11.3. The van der Waals surface area contributed by atoms with Gasteiger partial charge in [0.2, 0.25) is 0 Å². The molecule has 0 bridgehead atoms. The van der Waals surface area contributed by atoms with E-state index in [1.54, 1.807) is 0 Å². The first-order valence-corrected chi connectivity index (χ1v) is 15.0. The van der Waals surface area contributed by atoms with Crippen LogP contribution in [0.25, 0.3) is 0 Å². The summed E-state index contributed by atoms with van der Waals surface area (Å²) in [4.78, 5) is 0. The number of hydrogen-bond donors (Lipinski definition) is 0. The second-order valence-electron chi connectivity index (χ2n) is 8.48. The van der Waals surface area contributed by atoms with Crippen LogP contribution >= 0.6 is 0 Å². The molecule has 0 saturated heterocycles. The zero-order valence-corrected chi connectivity index (χ0v) is 25.6. The molecule has 0 aliphatic heterocycles. The van der Waals surface area contributed by atoms with Crippen LogP contribution in [0, 0.1) is 0 Å². The van der Waals surface area contributed by atoms with Gasteiger partial charge in [-0.05, 0) is 6.42 Å². The monoisotopic (exact) mass is 598 g/mol. The molecule has 12 nitrogen and oxygen atoms in total. The standard InChI is InChI=1S/C29H58O12/c1-3-5-6-7-31-10-11-33-14-15-35-18-19-37-22-23-39-26-27-41-29-28-40-25-24-38-21-20-36-17-16-34-13-12-32-9-8-30-4-2/h4H,2-3,5-29H2,1H3. The maximum Gasteiger partial charge on any atom is 0.111 e. The smallest absolute Gasteiger partial charge is 0.111 e. The van der Waals surface area contributed by atoms with Gasteiger partial charge in [-0.25, -0.2) is 0 Å². The third-order valence-electron chi connectivity index (χ3n) is 5.08. The van der Waals surface area contributed by atoms with Crippen molar-refractivity contribution in [1.82, 2.24) is 0 Å². The Bertz CT molecular complexity index is 473. The van der Waals surface area contributed by atoms with Crippen molar-refractivity contribution in [2.45, 2.75) is 26.2 Å². The average Bonchev–Trinajstić information content (AvgIpc) is 2.98. The van der Waals surface area contributed by atoms with Gasteiger partial charge in [0.25, 0.3) is 0 Å². The van der Waals surface area contributed by atoms with Crippen LogP contribution in [-0.2, 0) is 56.8 Å². The van der Waals surface area contributed by atoms with Crippen molar-refractivity contribution in [1.29, 1.82) is 0 Å². The van der Waals surface area contributed by atoms with Crippen molar-refractivity contribution in [2.75, 3.05) is 152 Å². The third-order valence-corrected chi connectivity index (χ3v) is 5.08. The quantitative estimate of drug-likeness (QED) is 0.0769. The molecule has 0 aliphatic carbocycles. The molecule has 0 rings (SSSR count). The highest BCUT2D eigenvalue weighted by atomic mass is 16.6. The van der Waals surface area contributed by atoms with Crippen LogP contribution in [0.1, 0.15) is 26.2 Å². The number of rotatable bonds is 38. The van der Waals surface area contributed by atoms with E-state index in [-0.39, 0.29) is 0 Å². The van der Waals surface area contributed by atoms with Crippen LogP contribution in [0.4, 0.5) is 0 Å². The molecule has 0 aliphatic rings. The minimum atomic E-state index is 0.504. The Morgan fingerprint density at radius 3 is 0.756 bits per heavy atom. The largest absolute Gasteiger partial charge is 0.499 e. The van der Waals surface area contributed by atoms with Crippen molar-refractivity contribution >= 4 is 0 Å². The summed E-state index contributed by atoms with van der Waals surface area (Å²) >= 11 is 0. The topological polar surface area (TPSA) is 111 Å². The summed E-state index contributed by atoms with van der Waals surface area (Å²) < 4.78 is 64.8. The average molecular weight is 599 g/mol. The first-order valence-electron chi connectivity index (χ1n) is 15.0. The molecular formula is C29H58O12. The lowest BCUT2D eigenvalue weighted by molar-refractivity contribution is -0.0278. The molecule has 0 aromatic carbocycles. The zero-order valence-electron chi connectivity index (χ0n) is 25.6. The van der Waals surface area contributed by atoms with Gasteiger partial charge in [0.1, 0.15) is 6.61 Å². The summed E-state index contributed by atoms with van der Waals surface area (Å²) in [6.07, 6.45) is 4.94. The Kier molecular flexibility index (Phi) is 38.2. The molecule has 0 unspecified atom stereocenters. The van der Waals surface area contributed by atoms with Crippen molar-refractivity contribution in [3.05, 3.63) is 12.8 Å². The van der Waals surface area contributed by atoms with Crippen molar-refractivity contribution < 1.29 is 56.8 Å². The highest BCUT2D eigenvalue weighted by Gasteiger charge is 1.96. The number of hydrogen-bond acceptors (Lipinski definition) is 12. The lowest BCUT2D eigenvalue weighted by Crippen LogP contribution is -2.15. The molecule has 41 heavy (non-hydrogen) atoms. The first-order chi connectivity index (χ1) is 20.4. The lowest BCUT2D eigenvalue weighted by Gasteiger charge is -2.09. The second kappa shape index (κ2) is 39.1. The van der Waals surface area contributed by atoms with Crippen LogP contribution in [0.15, 0.2) is 12.8 Å². The Hall–Kier alpha value is -0.900. The molecule has 12 heteroatoms. The summed E-state index contributed by atoms with van der Waals surface area (Å²) in [5.74, 6) is 0. The fourth-order valence-electron chi connectivity index (χ4n) is 2.95. The molecule has 0 aromatic rings. The lowest BCUT2D eigenvalue weighted by atomic mass is 10.3. The molecule has 0 aromatic heterocycles. The van der Waals surface area contributed by atoms with E-state index in [4.69, 9.17) is 56.8 Å².